The number of carboxylic acid groups (broad SMARTS) is 1. The Balaban J connectivity index is 1.61. The molecule has 20 heavy (non-hydrogen) atoms. The van der Waals surface area contributed by atoms with Crippen LogP contribution in [0.1, 0.15) is 17.0 Å². The molecule has 0 aliphatic carbocycles. The third-order valence-electron chi connectivity index (χ3n) is 3.81. The van der Waals surface area contributed by atoms with Crippen LogP contribution >= 0.6 is 0 Å². The Bertz CT molecular complexity index is 586. The van der Waals surface area contributed by atoms with Gasteiger partial charge < -0.3 is 10.0 Å². The second-order valence-electron chi connectivity index (χ2n) is 5.25. The number of rotatable bonds is 4. The highest BCUT2D eigenvalue weighted by Crippen LogP contribution is 2.31. The van der Waals surface area contributed by atoms with Gasteiger partial charge in [0.15, 0.2) is 0 Å². The number of hydrogen-bond donors (Lipinski definition) is 1. The molecule has 1 N–H and O–H groups in total. The van der Waals surface area contributed by atoms with Crippen LogP contribution < -0.4 is 4.90 Å². The summed E-state index contributed by atoms with van der Waals surface area (Å²) in [5, 5.41) is 8.75. The maximum atomic E-state index is 10.6. The number of anilines is 1. The number of benzene rings is 2. The second kappa shape index (κ2) is 5.37. The third kappa shape index (κ3) is 2.67. The van der Waals surface area contributed by atoms with Gasteiger partial charge >= 0.3 is 5.97 Å². The fraction of sp³-hybridized carbons (Fsp3) is 0.235. The van der Waals surface area contributed by atoms with Crippen LogP contribution in [-0.4, -0.2) is 24.2 Å². The zero-order valence-electron chi connectivity index (χ0n) is 11.2. The molecular formula is C17H17NO2. The lowest BCUT2D eigenvalue weighted by Gasteiger charge is -2.41. The van der Waals surface area contributed by atoms with Gasteiger partial charge in [-0.1, -0.05) is 42.5 Å². The van der Waals surface area contributed by atoms with E-state index in [0.29, 0.717) is 5.92 Å². The van der Waals surface area contributed by atoms with Crippen LogP contribution in [0.15, 0.2) is 54.6 Å². The van der Waals surface area contributed by atoms with E-state index in [-0.39, 0.29) is 6.42 Å². The lowest BCUT2D eigenvalue weighted by atomic mass is 9.91. The molecule has 3 nitrogen and oxygen atoms in total. The molecule has 0 bridgehead atoms. The van der Waals surface area contributed by atoms with Crippen molar-refractivity contribution >= 4 is 11.7 Å². The summed E-state index contributed by atoms with van der Waals surface area (Å²) in [6.45, 7) is 2.06. The monoisotopic (exact) mass is 267 g/mol. The normalized spacial score (nSPS) is 14.9. The van der Waals surface area contributed by atoms with Crippen molar-refractivity contribution in [2.24, 2.45) is 0 Å². The van der Waals surface area contributed by atoms with Gasteiger partial charge in [0.2, 0.25) is 0 Å². The second-order valence-corrected chi connectivity index (χ2v) is 5.25. The molecule has 0 atom stereocenters. The highest BCUT2D eigenvalue weighted by molar-refractivity contribution is 5.70. The SMILES string of the molecule is O=C(O)Cc1ccc(N2CC(c3ccccc3)C2)cc1. The smallest absolute Gasteiger partial charge is 0.307 e. The average Bonchev–Trinajstić information content (AvgIpc) is 2.40. The van der Waals surface area contributed by atoms with Crippen molar-refractivity contribution < 1.29 is 9.90 Å². The molecule has 2 aromatic carbocycles. The Morgan fingerprint density at radius 2 is 1.70 bits per heavy atom. The molecule has 0 saturated carbocycles. The number of carboxylic acids is 1. The molecule has 3 rings (SSSR count). The number of nitrogens with zero attached hydrogens (tertiary/aromatic N) is 1. The number of aliphatic carboxylic acids is 1. The van der Waals surface area contributed by atoms with Crippen molar-refractivity contribution in [2.75, 3.05) is 18.0 Å². The van der Waals surface area contributed by atoms with Crippen LogP contribution in [0.3, 0.4) is 0 Å². The van der Waals surface area contributed by atoms with E-state index < -0.39 is 5.97 Å². The molecule has 0 spiro atoms. The van der Waals surface area contributed by atoms with Crippen LogP contribution in [0.5, 0.6) is 0 Å². The molecule has 1 aliphatic heterocycles. The minimum Gasteiger partial charge on any atom is -0.481 e. The van der Waals surface area contributed by atoms with Crippen LogP contribution in [0, 0.1) is 0 Å². The molecule has 0 amide bonds. The van der Waals surface area contributed by atoms with Gasteiger partial charge in [-0.25, -0.2) is 0 Å². The highest BCUT2D eigenvalue weighted by Gasteiger charge is 2.27. The minimum absolute atomic E-state index is 0.0902. The van der Waals surface area contributed by atoms with Crippen LogP contribution in [0.25, 0.3) is 0 Å². The summed E-state index contributed by atoms with van der Waals surface area (Å²) < 4.78 is 0. The molecule has 0 radical (unpaired) electrons. The summed E-state index contributed by atoms with van der Waals surface area (Å²) in [6, 6.07) is 18.4. The largest absolute Gasteiger partial charge is 0.481 e. The van der Waals surface area contributed by atoms with E-state index in [2.05, 4.69) is 29.2 Å². The first-order valence-corrected chi connectivity index (χ1v) is 6.83. The molecule has 0 unspecified atom stereocenters. The van der Waals surface area contributed by atoms with Crippen LogP contribution in [-0.2, 0) is 11.2 Å². The number of hydrogen-bond acceptors (Lipinski definition) is 2. The van der Waals surface area contributed by atoms with Crippen molar-refractivity contribution in [3.05, 3.63) is 65.7 Å². The summed E-state index contributed by atoms with van der Waals surface area (Å²) >= 11 is 0. The molecule has 102 valence electrons. The van der Waals surface area contributed by atoms with E-state index in [1.807, 2.05) is 30.3 Å². The lowest BCUT2D eigenvalue weighted by molar-refractivity contribution is -0.136. The molecule has 1 aliphatic rings. The van der Waals surface area contributed by atoms with Crippen LogP contribution in [0.2, 0.25) is 0 Å². The Labute approximate surface area is 118 Å². The van der Waals surface area contributed by atoms with Gasteiger partial charge in [0, 0.05) is 24.7 Å². The fourth-order valence-corrected chi connectivity index (χ4v) is 2.62. The molecule has 2 aromatic rings. The zero-order valence-corrected chi connectivity index (χ0v) is 11.2. The fourth-order valence-electron chi connectivity index (χ4n) is 2.62. The molecule has 1 heterocycles. The first kappa shape index (κ1) is 12.7. The predicted molar refractivity (Wildman–Crippen MR) is 79.2 cm³/mol. The summed E-state index contributed by atoms with van der Waals surface area (Å²) in [6.07, 6.45) is 0.0902. The standard InChI is InChI=1S/C17H17NO2/c19-17(20)10-13-6-8-16(9-7-13)18-11-15(12-18)14-4-2-1-3-5-14/h1-9,15H,10-12H2,(H,19,20). The zero-order chi connectivity index (χ0) is 13.9. The third-order valence-corrected chi connectivity index (χ3v) is 3.81. The minimum atomic E-state index is -0.786. The molecule has 1 saturated heterocycles. The Hall–Kier alpha value is -2.29. The van der Waals surface area contributed by atoms with Crippen molar-refractivity contribution in [2.45, 2.75) is 12.3 Å². The maximum absolute atomic E-state index is 10.6. The lowest BCUT2D eigenvalue weighted by Crippen LogP contribution is -2.45. The Kier molecular flexibility index (Phi) is 3.42. The van der Waals surface area contributed by atoms with E-state index in [4.69, 9.17) is 5.11 Å². The van der Waals surface area contributed by atoms with Crippen molar-refractivity contribution in [3.8, 4) is 0 Å². The van der Waals surface area contributed by atoms with Gasteiger partial charge in [-0.15, -0.1) is 0 Å². The summed E-state index contributed by atoms with van der Waals surface area (Å²) in [5.74, 6) is -0.180. The summed E-state index contributed by atoms with van der Waals surface area (Å²) in [4.78, 5) is 13.0. The molecule has 0 aromatic heterocycles. The first-order chi connectivity index (χ1) is 9.72. The predicted octanol–water partition coefficient (Wildman–Crippen LogP) is 2.92. The Morgan fingerprint density at radius 1 is 1.05 bits per heavy atom. The quantitative estimate of drug-likeness (QED) is 0.926. The van der Waals surface area contributed by atoms with Crippen molar-refractivity contribution in [1.29, 1.82) is 0 Å². The van der Waals surface area contributed by atoms with E-state index >= 15 is 0 Å². The van der Waals surface area contributed by atoms with Gasteiger partial charge in [-0.2, -0.15) is 0 Å². The highest BCUT2D eigenvalue weighted by atomic mass is 16.4. The van der Waals surface area contributed by atoms with E-state index in [1.165, 1.54) is 11.3 Å². The summed E-state index contributed by atoms with van der Waals surface area (Å²) in [7, 11) is 0. The van der Waals surface area contributed by atoms with Gasteiger partial charge in [0.05, 0.1) is 6.42 Å². The molecule has 1 fully saturated rings. The molecular weight excluding hydrogens is 250 g/mol. The topological polar surface area (TPSA) is 40.5 Å². The Morgan fingerprint density at radius 3 is 2.30 bits per heavy atom. The van der Waals surface area contributed by atoms with Crippen molar-refractivity contribution in [1.82, 2.24) is 0 Å². The van der Waals surface area contributed by atoms with Gasteiger partial charge in [-0.3, -0.25) is 4.79 Å². The van der Waals surface area contributed by atoms with E-state index in [1.54, 1.807) is 0 Å². The van der Waals surface area contributed by atoms with Gasteiger partial charge in [-0.05, 0) is 23.3 Å². The van der Waals surface area contributed by atoms with Crippen LogP contribution in [0.4, 0.5) is 5.69 Å². The number of carbonyl (C=O) groups is 1. The first-order valence-electron chi connectivity index (χ1n) is 6.83. The van der Waals surface area contributed by atoms with E-state index in [9.17, 15) is 4.79 Å². The van der Waals surface area contributed by atoms with E-state index in [0.717, 1.165) is 18.7 Å². The van der Waals surface area contributed by atoms with Crippen molar-refractivity contribution in [3.63, 3.8) is 0 Å². The maximum Gasteiger partial charge on any atom is 0.307 e. The molecule has 3 heteroatoms. The van der Waals surface area contributed by atoms with Gasteiger partial charge in [0.25, 0.3) is 0 Å². The van der Waals surface area contributed by atoms with Gasteiger partial charge in [0.1, 0.15) is 0 Å². The average molecular weight is 267 g/mol. The summed E-state index contributed by atoms with van der Waals surface area (Å²) in [5.41, 5.74) is 3.42.